The van der Waals surface area contributed by atoms with Gasteiger partial charge in [0.05, 0.1) is 12.2 Å². The number of pyridine rings is 1. The van der Waals surface area contributed by atoms with E-state index >= 15 is 0 Å². The number of nitrogens with zero attached hydrogens (tertiary/aromatic N) is 3. The van der Waals surface area contributed by atoms with Crippen LogP contribution in [-0.2, 0) is 13.1 Å². The van der Waals surface area contributed by atoms with Crippen LogP contribution in [0.5, 0.6) is 0 Å². The van der Waals surface area contributed by atoms with Crippen LogP contribution in [0.4, 0.5) is 0 Å². The smallest absolute Gasteiger partial charge is 0.134 e. The van der Waals surface area contributed by atoms with Gasteiger partial charge in [0.2, 0.25) is 0 Å². The van der Waals surface area contributed by atoms with Crippen molar-refractivity contribution in [3.63, 3.8) is 0 Å². The highest BCUT2D eigenvalue weighted by atomic mass is 16.3. The third kappa shape index (κ3) is 4.71. The summed E-state index contributed by atoms with van der Waals surface area (Å²) in [5, 5.41) is 1.23. The number of rotatable bonds is 8. The van der Waals surface area contributed by atoms with E-state index in [2.05, 4.69) is 73.1 Å². The molecule has 3 rings (SSSR count). The average molecular weight is 351 g/mol. The second-order valence-electron chi connectivity index (χ2n) is 7.34. The highest BCUT2D eigenvalue weighted by molar-refractivity contribution is 5.82. The first-order valence-corrected chi connectivity index (χ1v) is 9.28. The van der Waals surface area contributed by atoms with Gasteiger partial charge in [-0.05, 0) is 70.7 Å². The zero-order chi connectivity index (χ0) is 18.5. The Morgan fingerprint density at radius 1 is 1.00 bits per heavy atom. The highest BCUT2D eigenvalue weighted by Crippen LogP contribution is 2.27. The van der Waals surface area contributed by atoms with E-state index in [1.807, 2.05) is 12.3 Å². The van der Waals surface area contributed by atoms with Crippen LogP contribution in [0.15, 0.2) is 47.0 Å². The van der Waals surface area contributed by atoms with Crippen LogP contribution in [0.25, 0.3) is 11.0 Å². The largest absolute Gasteiger partial charge is 0.459 e. The number of hydrogen-bond acceptors (Lipinski definition) is 4. The first kappa shape index (κ1) is 18.6. The first-order valence-electron chi connectivity index (χ1n) is 9.28. The van der Waals surface area contributed by atoms with Gasteiger partial charge in [-0.3, -0.25) is 9.88 Å². The Labute approximate surface area is 156 Å². The van der Waals surface area contributed by atoms with E-state index in [1.165, 1.54) is 16.5 Å². The van der Waals surface area contributed by atoms with Gasteiger partial charge in [-0.1, -0.05) is 17.7 Å². The van der Waals surface area contributed by atoms with E-state index in [0.717, 1.165) is 49.6 Å². The average Bonchev–Trinajstić information content (AvgIpc) is 2.91. The van der Waals surface area contributed by atoms with Crippen LogP contribution in [0.1, 0.15) is 29.0 Å². The molecule has 4 nitrogen and oxygen atoms in total. The van der Waals surface area contributed by atoms with Crippen molar-refractivity contribution in [2.45, 2.75) is 33.4 Å². The molecule has 0 saturated carbocycles. The fourth-order valence-electron chi connectivity index (χ4n) is 3.28. The Kier molecular flexibility index (Phi) is 6.07. The lowest BCUT2D eigenvalue weighted by atomic mass is 10.1. The summed E-state index contributed by atoms with van der Waals surface area (Å²) < 4.78 is 6.18. The van der Waals surface area contributed by atoms with E-state index in [0.29, 0.717) is 0 Å². The monoisotopic (exact) mass is 351 g/mol. The van der Waals surface area contributed by atoms with Gasteiger partial charge in [-0.2, -0.15) is 0 Å². The second kappa shape index (κ2) is 8.47. The Hall–Kier alpha value is -2.17. The predicted molar refractivity (Wildman–Crippen MR) is 107 cm³/mol. The molecule has 1 aromatic carbocycles. The summed E-state index contributed by atoms with van der Waals surface area (Å²) >= 11 is 0. The van der Waals surface area contributed by atoms with Gasteiger partial charge in [-0.25, -0.2) is 0 Å². The third-order valence-corrected chi connectivity index (χ3v) is 4.75. The van der Waals surface area contributed by atoms with E-state index in [1.54, 1.807) is 0 Å². The maximum absolute atomic E-state index is 6.18. The van der Waals surface area contributed by atoms with Gasteiger partial charge in [0, 0.05) is 24.7 Å². The molecule has 2 aromatic heterocycles. The molecule has 2 heterocycles. The summed E-state index contributed by atoms with van der Waals surface area (Å²) in [6.07, 6.45) is 2.99. The fourth-order valence-corrected chi connectivity index (χ4v) is 3.28. The zero-order valence-corrected chi connectivity index (χ0v) is 16.3. The maximum Gasteiger partial charge on any atom is 0.134 e. The molecule has 0 bridgehead atoms. The number of benzene rings is 1. The van der Waals surface area contributed by atoms with Gasteiger partial charge in [0.1, 0.15) is 11.3 Å². The molecule has 0 radical (unpaired) electrons. The van der Waals surface area contributed by atoms with Crippen molar-refractivity contribution in [1.82, 2.24) is 14.8 Å². The molecule has 3 aromatic rings. The lowest BCUT2D eigenvalue weighted by molar-refractivity contribution is 0.221. The van der Waals surface area contributed by atoms with Gasteiger partial charge < -0.3 is 9.32 Å². The number of furan rings is 1. The normalized spacial score (nSPS) is 11.8. The minimum atomic E-state index is 0.809. The highest BCUT2D eigenvalue weighted by Gasteiger charge is 2.15. The third-order valence-electron chi connectivity index (χ3n) is 4.75. The van der Waals surface area contributed by atoms with Crippen molar-refractivity contribution < 1.29 is 4.42 Å². The molecule has 0 aliphatic rings. The Bertz CT molecular complexity index is 839. The summed E-state index contributed by atoms with van der Waals surface area (Å²) in [7, 11) is 4.24. The molecule has 26 heavy (non-hydrogen) atoms. The van der Waals surface area contributed by atoms with Crippen LogP contribution in [0, 0.1) is 13.8 Å². The molecule has 0 atom stereocenters. The van der Waals surface area contributed by atoms with E-state index in [9.17, 15) is 0 Å². The lowest BCUT2D eigenvalue weighted by Crippen LogP contribution is -2.27. The first-order chi connectivity index (χ1) is 12.5. The van der Waals surface area contributed by atoms with E-state index in [-0.39, 0.29) is 0 Å². The minimum Gasteiger partial charge on any atom is -0.459 e. The summed E-state index contributed by atoms with van der Waals surface area (Å²) in [6, 6.07) is 12.5. The van der Waals surface area contributed by atoms with Gasteiger partial charge in [-0.15, -0.1) is 0 Å². The lowest BCUT2D eigenvalue weighted by Gasteiger charge is -2.22. The Morgan fingerprint density at radius 3 is 2.58 bits per heavy atom. The molecule has 0 fully saturated rings. The van der Waals surface area contributed by atoms with Gasteiger partial charge in [0.25, 0.3) is 0 Å². The molecule has 0 saturated heterocycles. The Morgan fingerprint density at radius 2 is 1.85 bits per heavy atom. The van der Waals surface area contributed by atoms with Crippen molar-refractivity contribution in [3.05, 3.63) is 65.2 Å². The standard InChI is InChI=1S/C22H29N3O/c1-17-9-10-21-20(14-17)18(2)22(26-21)16-25(13-7-12-24(3)4)15-19-8-5-6-11-23-19/h5-6,8-11,14H,7,12-13,15-16H2,1-4H3. The zero-order valence-electron chi connectivity index (χ0n) is 16.3. The minimum absolute atomic E-state index is 0.809. The topological polar surface area (TPSA) is 32.5 Å². The van der Waals surface area contributed by atoms with E-state index < -0.39 is 0 Å². The van der Waals surface area contributed by atoms with E-state index in [4.69, 9.17) is 4.42 Å². The molecule has 0 amide bonds. The van der Waals surface area contributed by atoms with Crippen LogP contribution >= 0.6 is 0 Å². The summed E-state index contributed by atoms with van der Waals surface area (Å²) in [5.74, 6) is 1.06. The van der Waals surface area contributed by atoms with Crippen LogP contribution < -0.4 is 0 Å². The number of fused-ring (bicyclic) bond motifs is 1. The van der Waals surface area contributed by atoms with Crippen molar-refractivity contribution in [3.8, 4) is 0 Å². The molecular weight excluding hydrogens is 322 g/mol. The SMILES string of the molecule is Cc1ccc2oc(CN(CCCN(C)C)Cc3ccccn3)c(C)c2c1. The van der Waals surface area contributed by atoms with Crippen molar-refractivity contribution in [1.29, 1.82) is 0 Å². The fraction of sp³-hybridized carbons (Fsp3) is 0.409. The number of aromatic nitrogens is 1. The van der Waals surface area contributed by atoms with Crippen molar-refractivity contribution in [2.75, 3.05) is 27.2 Å². The molecule has 138 valence electrons. The summed E-state index contributed by atoms with van der Waals surface area (Å²) in [4.78, 5) is 9.16. The predicted octanol–water partition coefficient (Wildman–Crippen LogP) is 4.40. The van der Waals surface area contributed by atoms with Crippen LogP contribution in [-0.4, -0.2) is 42.0 Å². The molecule has 4 heteroatoms. The van der Waals surface area contributed by atoms with Crippen LogP contribution in [0.2, 0.25) is 0 Å². The van der Waals surface area contributed by atoms with Crippen molar-refractivity contribution >= 4 is 11.0 Å². The molecule has 0 unspecified atom stereocenters. The Balaban J connectivity index is 1.78. The molecule has 0 spiro atoms. The van der Waals surface area contributed by atoms with Crippen LogP contribution in [0.3, 0.4) is 0 Å². The molecular formula is C22H29N3O. The molecule has 0 aliphatic heterocycles. The number of hydrogen-bond donors (Lipinski definition) is 0. The molecule has 0 N–H and O–H groups in total. The summed E-state index contributed by atoms with van der Waals surface area (Å²) in [6.45, 7) is 8.04. The maximum atomic E-state index is 6.18. The molecule has 0 aliphatic carbocycles. The van der Waals surface area contributed by atoms with Gasteiger partial charge in [0.15, 0.2) is 0 Å². The van der Waals surface area contributed by atoms with Gasteiger partial charge >= 0.3 is 0 Å². The number of aryl methyl sites for hydroxylation is 2. The summed E-state index contributed by atoms with van der Waals surface area (Å²) in [5.41, 5.74) is 4.60. The quantitative estimate of drug-likeness (QED) is 0.602. The second-order valence-corrected chi connectivity index (χ2v) is 7.34. The van der Waals surface area contributed by atoms with Crippen molar-refractivity contribution in [2.24, 2.45) is 0 Å².